The fraction of sp³-hybridized carbons (Fsp3) is 0.493. The van der Waals surface area contributed by atoms with Crippen LogP contribution in [0.5, 0.6) is 11.5 Å². The van der Waals surface area contributed by atoms with E-state index >= 15 is 0 Å². The van der Waals surface area contributed by atoms with Crippen molar-refractivity contribution in [2.45, 2.75) is 161 Å². The molecular formula is C75H96F3N12O14PS2. The lowest BCUT2D eigenvalue weighted by Crippen LogP contribution is -2.42. The van der Waals surface area contributed by atoms with Crippen LogP contribution in [-0.4, -0.2) is 173 Å². The minimum atomic E-state index is -5.36. The second-order valence-corrected chi connectivity index (χ2v) is 30.5. The van der Waals surface area contributed by atoms with Crippen LogP contribution in [0, 0.1) is 23.2 Å². The first kappa shape index (κ1) is 85.5. The monoisotopic (exact) mass is 1540 g/mol. The van der Waals surface area contributed by atoms with Crippen molar-refractivity contribution in [1.29, 1.82) is 5.26 Å². The van der Waals surface area contributed by atoms with Crippen LogP contribution in [0.4, 0.5) is 24.8 Å². The Kier molecular flexibility index (Phi) is 33.6. The van der Waals surface area contributed by atoms with E-state index in [4.69, 9.17) is 28.0 Å². The topological polar surface area (TPSA) is 328 Å². The van der Waals surface area contributed by atoms with E-state index in [2.05, 4.69) is 79.6 Å². The van der Waals surface area contributed by atoms with E-state index in [1.54, 1.807) is 49.7 Å². The van der Waals surface area contributed by atoms with E-state index in [9.17, 15) is 56.8 Å². The van der Waals surface area contributed by atoms with Crippen molar-refractivity contribution in [2.24, 2.45) is 11.8 Å². The lowest BCUT2D eigenvalue weighted by Gasteiger charge is -2.38. The number of likely N-dealkylation sites (tertiary alicyclic amines) is 1. The van der Waals surface area contributed by atoms with E-state index < -0.39 is 74.0 Å². The van der Waals surface area contributed by atoms with Crippen molar-refractivity contribution >= 4 is 94.3 Å². The molecule has 5 atom stereocenters. The molecule has 4 aromatic carbocycles. The first-order chi connectivity index (χ1) is 51.2. The third-order valence-electron chi connectivity index (χ3n) is 17.5. The summed E-state index contributed by atoms with van der Waals surface area (Å²) in [5.74, 6) is -2.71. The van der Waals surface area contributed by atoms with E-state index in [-0.39, 0.29) is 108 Å². The molecule has 26 nitrogen and oxygen atoms in total. The van der Waals surface area contributed by atoms with Crippen LogP contribution in [0.1, 0.15) is 145 Å². The quantitative estimate of drug-likeness (QED) is 0.00781. The highest BCUT2D eigenvalue weighted by Gasteiger charge is 2.45. The smallest absolute Gasteiger partial charge is 0.471 e. The number of fused-ring (bicyclic) bond motifs is 1. The van der Waals surface area contributed by atoms with Gasteiger partial charge in [-0.05, 0) is 131 Å². The Labute approximate surface area is 630 Å². The fourth-order valence-corrected chi connectivity index (χ4v) is 15.7. The van der Waals surface area contributed by atoms with Crippen molar-refractivity contribution in [3.63, 3.8) is 0 Å². The van der Waals surface area contributed by atoms with Gasteiger partial charge in [0.15, 0.2) is 11.2 Å². The molecule has 0 bridgehead atoms. The number of anilines is 2. The molecule has 7 rings (SSSR count). The number of alkyl halides is 3. The highest BCUT2D eigenvalue weighted by atomic mass is 33.1. The van der Waals surface area contributed by atoms with Crippen LogP contribution in [0.2, 0.25) is 0 Å². The normalized spacial score (nSPS) is 14.7. The summed E-state index contributed by atoms with van der Waals surface area (Å²) in [4.78, 5) is 121. The molecule has 107 heavy (non-hydrogen) atoms. The van der Waals surface area contributed by atoms with Crippen LogP contribution in [-0.2, 0) is 59.4 Å². The number of aromatic amines is 1. The molecule has 3 heterocycles. The third-order valence-corrected chi connectivity index (χ3v) is 22.1. The number of rotatable bonds is 42. The highest BCUT2D eigenvalue weighted by molar-refractivity contribution is 8.76. The van der Waals surface area contributed by atoms with Gasteiger partial charge >= 0.3 is 18.1 Å². The standard InChI is InChI=1S/C75H96F3N12O14PS2/c1-48(2)68(94)86-73-85-67-66(70(96)87-73)83-56(44-82-67)45-89(72(98)75(76,77)78)57-28-22-52(23-29-57)69(95)84-62(71(97)101-10)34-35-64(92)80-38-36-51(7)17-14-20-63(91)81-39-42-107-106-41-15-21-65(93)88-46-61(104-105(103-40-16-37-79)90(49(3)4)50(5)6)43-58(88)47-102-74(53-18-12-11-13-19-53,54-24-30-59(99-8)31-25-54)55-26-32-60(100-9)33-27-55/h11-13,18-19,22-33,44,48-51,58,61-62H,14-17,20-21,34-36,38-43,45-47H2,1-10H3,(H,80,92)(H,81,91)(H,84,95)(H2,82,85,86,87,94,96)/t51?,58-,61+,62-,105?/m0/s1. The number of methoxy groups -OCH3 is 3. The number of nitrogens with zero attached hydrogens (tertiary/aromatic N) is 7. The number of carbonyl (C=O) groups is 7. The number of ether oxygens (including phenoxy) is 4. The second kappa shape index (κ2) is 42.1. The molecule has 0 radical (unpaired) electrons. The zero-order chi connectivity index (χ0) is 77.8. The van der Waals surface area contributed by atoms with Gasteiger partial charge in [0.25, 0.3) is 20.0 Å². The number of benzene rings is 4. The Morgan fingerprint density at radius 1 is 0.757 bits per heavy atom. The summed E-state index contributed by atoms with van der Waals surface area (Å²) in [6.45, 7) is 14.2. The zero-order valence-electron chi connectivity index (χ0n) is 61.9. The first-order valence-corrected chi connectivity index (χ1v) is 39.1. The van der Waals surface area contributed by atoms with Gasteiger partial charge in [0.2, 0.25) is 29.6 Å². The Bertz CT molecular complexity index is 3960. The second-order valence-electron chi connectivity index (χ2n) is 26.4. The summed E-state index contributed by atoms with van der Waals surface area (Å²) < 4.78 is 80.7. The van der Waals surface area contributed by atoms with Gasteiger partial charge in [0.1, 0.15) is 23.1 Å². The molecule has 32 heteroatoms. The zero-order valence-corrected chi connectivity index (χ0v) is 64.4. The SMILES string of the molecule is COC(=O)[C@H](CCC(=O)NCCC(C)CCCC(=O)NCCSSCCCC(=O)N1C[C@H](OP(OCCC#N)N(C(C)C)C(C)C)C[C@H]1COC(c1ccccc1)(c1ccc(OC)cc1)c1ccc(OC)cc1)NC(=O)c1ccc(N(Cc2cnc3nc(NC(=O)C(C)C)[nH]c(=O)c3n2)C(=O)C(F)(F)F)cc1. The number of aromatic nitrogens is 4. The van der Waals surface area contributed by atoms with E-state index in [0.717, 1.165) is 60.7 Å². The molecule has 2 aromatic heterocycles. The van der Waals surface area contributed by atoms with Gasteiger partial charge in [-0.1, -0.05) is 103 Å². The number of hydrogen-bond donors (Lipinski definition) is 5. The van der Waals surface area contributed by atoms with Crippen molar-refractivity contribution in [3.05, 3.63) is 148 Å². The minimum Gasteiger partial charge on any atom is -0.497 e. The van der Waals surface area contributed by atoms with Crippen molar-refractivity contribution in [2.75, 3.05) is 75.9 Å². The van der Waals surface area contributed by atoms with Gasteiger partial charge in [-0.25, -0.2) is 19.4 Å². The van der Waals surface area contributed by atoms with Crippen LogP contribution in [0.3, 0.4) is 0 Å². The van der Waals surface area contributed by atoms with E-state index in [1.165, 1.54) is 0 Å². The van der Waals surface area contributed by atoms with E-state index in [1.807, 2.05) is 90.7 Å². The molecule has 5 N–H and O–H groups in total. The maximum absolute atomic E-state index is 14.6. The number of esters is 1. The lowest BCUT2D eigenvalue weighted by atomic mass is 9.80. The van der Waals surface area contributed by atoms with E-state index in [0.29, 0.717) is 86.1 Å². The molecule has 0 spiro atoms. The van der Waals surface area contributed by atoms with Crippen molar-refractivity contribution in [3.8, 4) is 17.6 Å². The lowest BCUT2D eigenvalue weighted by molar-refractivity contribution is -0.170. The summed E-state index contributed by atoms with van der Waals surface area (Å²) in [5, 5.41) is 20.1. The number of nitriles is 1. The summed E-state index contributed by atoms with van der Waals surface area (Å²) in [6.07, 6.45) is -1.21. The maximum atomic E-state index is 14.6. The average Bonchev–Trinajstić information content (AvgIpc) is 1.13. The Morgan fingerprint density at radius 3 is 1.99 bits per heavy atom. The van der Waals surface area contributed by atoms with Gasteiger partial charge in [-0.2, -0.15) is 23.4 Å². The first-order valence-electron chi connectivity index (χ1n) is 35.4. The van der Waals surface area contributed by atoms with Crippen LogP contribution in [0.15, 0.2) is 114 Å². The molecule has 6 amide bonds. The number of nitrogens with one attached hydrogen (secondary N) is 5. The van der Waals surface area contributed by atoms with Gasteiger partial charge in [-0.15, -0.1) is 0 Å². The van der Waals surface area contributed by atoms with Crippen molar-refractivity contribution in [1.82, 2.24) is 45.5 Å². The number of carbonyl (C=O) groups excluding carboxylic acids is 7. The van der Waals surface area contributed by atoms with Gasteiger partial charge < -0.3 is 48.8 Å². The number of H-pyrrole nitrogens is 1. The number of halogens is 3. The Hall–Kier alpha value is -8.76. The van der Waals surface area contributed by atoms with Crippen LogP contribution >= 0.6 is 30.1 Å². The summed E-state index contributed by atoms with van der Waals surface area (Å²) in [6, 6.07) is 30.7. The van der Waals surface area contributed by atoms with Crippen LogP contribution in [0.25, 0.3) is 11.2 Å². The molecule has 1 aliphatic rings. The summed E-state index contributed by atoms with van der Waals surface area (Å²) in [5.41, 5.74) is -0.613. The molecule has 6 aromatic rings. The summed E-state index contributed by atoms with van der Waals surface area (Å²) >= 11 is 0. The Balaban J connectivity index is 0.835. The molecule has 2 unspecified atom stereocenters. The van der Waals surface area contributed by atoms with Gasteiger partial charge in [0, 0.05) is 79.7 Å². The van der Waals surface area contributed by atoms with Gasteiger partial charge in [0.05, 0.1) is 77.6 Å². The minimum absolute atomic E-state index is 0.0220. The molecular weight excluding hydrogens is 1440 g/mol. The molecule has 0 saturated carbocycles. The largest absolute Gasteiger partial charge is 0.497 e. The van der Waals surface area contributed by atoms with Gasteiger partial charge in [-0.3, -0.25) is 48.8 Å². The number of amides is 6. The molecule has 0 aliphatic carbocycles. The van der Waals surface area contributed by atoms with Crippen LogP contribution < -0.4 is 41.2 Å². The molecule has 578 valence electrons. The molecule has 1 aliphatic heterocycles. The average molecular weight is 1540 g/mol. The predicted octanol–water partition coefficient (Wildman–Crippen LogP) is 11.3. The fourth-order valence-electron chi connectivity index (χ4n) is 11.9. The molecule has 1 fully saturated rings. The summed E-state index contributed by atoms with van der Waals surface area (Å²) in [7, 11) is 6.01. The predicted molar refractivity (Wildman–Crippen MR) is 404 cm³/mol. The highest BCUT2D eigenvalue weighted by Crippen LogP contribution is 2.49. The van der Waals surface area contributed by atoms with Crippen molar-refractivity contribution < 1.29 is 74.7 Å². The third kappa shape index (κ3) is 25.2. The Morgan fingerprint density at radius 2 is 1.38 bits per heavy atom. The number of hydrogen-bond acceptors (Lipinski definition) is 21. The maximum Gasteiger partial charge on any atom is 0.471 e. The molecule has 1 saturated heterocycles.